The van der Waals surface area contributed by atoms with Crippen molar-refractivity contribution in [3.8, 4) is 0 Å². The molecule has 0 fully saturated rings. The molecule has 182 valence electrons. The van der Waals surface area contributed by atoms with Gasteiger partial charge < -0.3 is 15.5 Å². The Bertz CT molecular complexity index is 1420. The zero-order valence-electron chi connectivity index (χ0n) is 21.0. The van der Waals surface area contributed by atoms with Crippen molar-refractivity contribution in [2.75, 3.05) is 40.0 Å². The van der Waals surface area contributed by atoms with Gasteiger partial charge >= 0.3 is 0 Å². The van der Waals surface area contributed by atoms with Gasteiger partial charge in [0.05, 0.1) is 5.52 Å². The highest BCUT2D eigenvalue weighted by Gasteiger charge is 2.15. The molecular formula is C28H32ClN5O. The molecule has 0 saturated heterocycles. The maximum atomic E-state index is 12.8. The molecule has 0 aliphatic rings. The number of carbonyl (C=O) groups is 1. The summed E-state index contributed by atoms with van der Waals surface area (Å²) < 4.78 is 0. The third-order valence-corrected chi connectivity index (χ3v) is 6.79. The van der Waals surface area contributed by atoms with Crippen molar-refractivity contribution in [3.05, 3.63) is 75.4 Å². The third-order valence-electron chi connectivity index (χ3n) is 6.46. The number of rotatable bonds is 7. The number of pyridine rings is 2. The van der Waals surface area contributed by atoms with E-state index in [9.17, 15) is 4.79 Å². The van der Waals surface area contributed by atoms with Gasteiger partial charge in [-0.2, -0.15) is 0 Å². The number of halogens is 1. The van der Waals surface area contributed by atoms with Gasteiger partial charge in [0, 0.05) is 36.5 Å². The van der Waals surface area contributed by atoms with Crippen LogP contribution in [-0.4, -0.2) is 59.9 Å². The number of aryl methyl sites for hydroxylation is 4. The third kappa shape index (κ3) is 5.39. The van der Waals surface area contributed by atoms with Gasteiger partial charge in [-0.15, -0.1) is 0 Å². The molecule has 2 aromatic heterocycles. The summed E-state index contributed by atoms with van der Waals surface area (Å²) in [5.41, 5.74) is 12.8. The lowest BCUT2D eigenvalue weighted by Gasteiger charge is -2.20. The molecule has 6 nitrogen and oxygen atoms in total. The van der Waals surface area contributed by atoms with Gasteiger partial charge in [0.1, 0.15) is 10.7 Å². The number of nitrogens with zero attached hydrogens (tertiary/aromatic N) is 4. The van der Waals surface area contributed by atoms with Crippen molar-refractivity contribution in [2.24, 2.45) is 0 Å². The number of likely N-dealkylation sites (N-methyl/N-ethyl adjacent to an activating group) is 2. The van der Waals surface area contributed by atoms with E-state index in [0.717, 1.165) is 52.4 Å². The number of carbonyl (C=O) groups excluding carboxylic acids is 1. The van der Waals surface area contributed by atoms with E-state index in [1.165, 1.54) is 5.56 Å². The summed E-state index contributed by atoms with van der Waals surface area (Å²) in [5, 5.41) is 2.43. The number of nitrogens with two attached hydrogens (primary N) is 1. The van der Waals surface area contributed by atoms with Gasteiger partial charge in [-0.25, -0.2) is 9.97 Å². The molecule has 0 aliphatic carbocycles. The van der Waals surface area contributed by atoms with Crippen LogP contribution in [0.25, 0.3) is 21.8 Å². The van der Waals surface area contributed by atoms with Crippen LogP contribution in [0.15, 0.2) is 42.5 Å². The Labute approximate surface area is 211 Å². The van der Waals surface area contributed by atoms with Crippen LogP contribution in [0.2, 0.25) is 5.15 Å². The molecule has 35 heavy (non-hydrogen) atoms. The Morgan fingerprint density at radius 3 is 2.37 bits per heavy atom. The van der Waals surface area contributed by atoms with Gasteiger partial charge in [0.15, 0.2) is 5.82 Å². The van der Waals surface area contributed by atoms with Gasteiger partial charge in [0.2, 0.25) is 0 Å². The van der Waals surface area contributed by atoms with Crippen molar-refractivity contribution in [3.63, 3.8) is 0 Å². The smallest absolute Gasteiger partial charge is 0.253 e. The number of anilines is 1. The van der Waals surface area contributed by atoms with E-state index >= 15 is 0 Å². The molecule has 0 unspecified atom stereocenters. The lowest BCUT2D eigenvalue weighted by Crippen LogP contribution is -2.33. The maximum Gasteiger partial charge on any atom is 0.253 e. The van der Waals surface area contributed by atoms with E-state index in [-0.39, 0.29) is 5.91 Å². The van der Waals surface area contributed by atoms with Crippen LogP contribution in [0.3, 0.4) is 0 Å². The molecule has 2 aromatic carbocycles. The Kier molecular flexibility index (Phi) is 7.24. The molecule has 2 heterocycles. The van der Waals surface area contributed by atoms with Crippen molar-refractivity contribution in [1.29, 1.82) is 0 Å². The number of aromatic nitrogens is 2. The van der Waals surface area contributed by atoms with Crippen LogP contribution in [-0.2, 0) is 12.8 Å². The SMILES string of the molecule is Cc1ccc2c(c1)nc(N)c1nc(Cl)c(CCc3ccc(C(=O)N(C)CCN(C)C)cc3C)cc12. The molecule has 0 spiro atoms. The monoisotopic (exact) mass is 489 g/mol. The predicted octanol–water partition coefficient (Wildman–Crippen LogP) is 5.05. The molecule has 7 heteroatoms. The number of hydrogen-bond donors (Lipinski definition) is 1. The molecule has 0 saturated carbocycles. The number of nitrogen functional groups attached to an aromatic ring is 1. The fraction of sp³-hybridized carbons (Fsp3) is 0.321. The first-order chi connectivity index (χ1) is 16.6. The zero-order valence-corrected chi connectivity index (χ0v) is 21.8. The molecular weight excluding hydrogens is 458 g/mol. The fourth-order valence-electron chi connectivity index (χ4n) is 4.30. The Morgan fingerprint density at radius 2 is 1.66 bits per heavy atom. The summed E-state index contributed by atoms with van der Waals surface area (Å²) >= 11 is 6.56. The first kappa shape index (κ1) is 24.9. The lowest BCUT2D eigenvalue weighted by molar-refractivity contribution is 0.0786. The minimum Gasteiger partial charge on any atom is -0.382 e. The second-order valence-corrected chi connectivity index (χ2v) is 9.88. The number of amides is 1. The van der Waals surface area contributed by atoms with Gasteiger partial charge in [0.25, 0.3) is 5.91 Å². The lowest BCUT2D eigenvalue weighted by atomic mass is 9.98. The number of hydrogen-bond acceptors (Lipinski definition) is 5. The summed E-state index contributed by atoms with van der Waals surface area (Å²) in [6, 6.07) is 14.2. The summed E-state index contributed by atoms with van der Waals surface area (Å²) in [7, 11) is 5.85. The quantitative estimate of drug-likeness (QED) is 0.290. The summed E-state index contributed by atoms with van der Waals surface area (Å²) in [5.74, 6) is 0.426. The molecule has 0 atom stereocenters. The Hall–Kier alpha value is -3.22. The van der Waals surface area contributed by atoms with Crippen LogP contribution in [0.5, 0.6) is 0 Å². The topological polar surface area (TPSA) is 75.3 Å². The van der Waals surface area contributed by atoms with Gasteiger partial charge in [-0.1, -0.05) is 29.8 Å². The standard InChI is InChI=1S/C28H32ClN5O/c1-17-6-11-22-23-16-20(26(29)32-25(23)27(30)31-24(22)14-17)9-7-19-8-10-21(15-18(19)2)28(35)34(5)13-12-33(3)4/h6,8,10-11,14-16H,7,9,12-13H2,1-5H3,(H2,30,31). The average molecular weight is 490 g/mol. The highest BCUT2D eigenvalue weighted by Crippen LogP contribution is 2.31. The van der Waals surface area contributed by atoms with Crippen LogP contribution < -0.4 is 5.73 Å². The molecule has 0 radical (unpaired) electrons. The average Bonchev–Trinajstić information content (AvgIpc) is 2.81. The van der Waals surface area contributed by atoms with E-state index in [1.807, 2.05) is 59.3 Å². The number of benzene rings is 2. The Balaban J connectivity index is 1.57. The molecule has 0 bridgehead atoms. The molecule has 1 amide bonds. The van der Waals surface area contributed by atoms with Crippen LogP contribution >= 0.6 is 11.6 Å². The van der Waals surface area contributed by atoms with Gasteiger partial charge in [-0.3, -0.25) is 4.79 Å². The van der Waals surface area contributed by atoms with E-state index in [0.29, 0.717) is 28.6 Å². The van der Waals surface area contributed by atoms with Crippen molar-refractivity contribution in [2.45, 2.75) is 26.7 Å². The normalized spacial score (nSPS) is 11.5. The molecule has 4 rings (SSSR count). The highest BCUT2D eigenvalue weighted by molar-refractivity contribution is 6.31. The Morgan fingerprint density at radius 1 is 0.914 bits per heavy atom. The first-order valence-electron chi connectivity index (χ1n) is 11.8. The largest absolute Gasteiger partial charge is 0.382 e. The minimum atomic E-state index is 0.0385. The molecule has 4 aromatic rings. The first-order valence-corrected chi connectivity index (χ1v) is 12.2. The zero-order chi connectivity index (χ0) is 25.3. The maximum absolute atomic E-state index is 12.8. The fourth-order valence-corrected chi connectivity index (χ4v) is 4.54. The van der Waals surface area contributed by atoms with Crippen molar-refractivity contribution < 1.29 is 4.79 Å². The van der Waals surface area contributed by atoms with E-state index in [2.05, 4.69) is 33.1 Å². The number of fused-ring (bicyclic) bond motifs is 3. The second-order valence-electron chi connectivity index (χ2n) is 9.52. The van der Waals surface area contributed by atoms with Gasteiger partial charge in [-0.05, 0) is 87.3 Å². The minimum absolute atomic E-state index is 0.0385. The van der Waals surface area contributed by atoms with E-state index in [4.69, 9.17) is 17.3 Å². The summed E-state index contributed by atoms with van der Waals surface area (Å²) in [6.07, 6.45) is 1.52. The highest BCUT2D eigenvalue weighted by atomic mass is 35.5. The van der Waals surface area contributed by atoms with Crippen LogP contribution in [0.1, 0.15) is 32.6 Å². The predicted molar refractivity (Wildman–Crippen MR) is 145 cm³/mol. The van der Waals surface area contributed by atoms with E-state index < -0.39 is 0 Å². The summed E-state index contributed by atoms with van der Waals surface area (Å²) in [6.45, 7) is 5.61. The van der Waals surface area contributed by atoms with Crippen molar-refractivity contribution >= 4 is 45.1 Å². The second kappa shape index (κ2) is 10.2. The van der Waals surface area contributed by atoms with Crippen LogP contribution in [0.4, 0.5) is 5.82 Å². The van der Waals surface area contributed by atoms with E-state index in [1.54, 1.807) is 4.90 Å². The molecule has 2 N–H and O–H groups in total. The van der Waals surface area contributed by atoms with Crippen molar-refractivity contribution in [1.82, 2.24) is 19.8 Å². The summed E-state index contributed by atoms with van der Waals surface area (Å²) in [4.78, 5) is 25.7. The molecule has 0 aliphatic heterocycles. The van der Waals surface area contributed by atoms with Crippen LogP contribution in [0, 0.1) is 13.8 Å².